The van der Waals surface area contributed by atoms with Gasteiger partial charge in [-0.3, -0.25) is 0 Å². The number of benzene rings is 1. The molecule has 1 aromatic carbocycles. The van der Waals surface area contributed by atoms with Crippen LogP contribution in [0.2, 0.25) is 0 Å². The van der Waals surface area contributed by atoms with E-state index in [1.807, 2.05) is 0 Å². The summed E-state index contributed by atoms with van der Waals surface area (Å²) in [4.78, 5) is 28.4. The predicted octanol–water partition coefficient (Wildman–Crippen LogP) is 1.06. The summed E-state index contributed by atoms with van der Waals surface area (Å²) in [5, 5.41) is 0. The van der Waals surface area contributed by atoms with E-state index in [0.717, 1.165) is 4.90 Å². The minimum atomic E-state index is -4.31. The second-order valence-electron chi connectivity index (χ2n) is 3.82. The Kier molecular flexibility index (Phi) is 5.34. The SMILES string of the molecule is CN(C)C(=O)N(OC(=O)CCl)S(=O)(=O)c1ccccc1. The highest BCUT2D eigenvalue weighted by atomic mass is 35.5. The molecule has 0 aliphatic rings. The zero-order valence-electron chi connectivity index (χ0n) is 10.8. The zero-order chi connectivity index (χ0) is 15.3. The number of halogens is 1. The summed E-state index contributed by atoms with van der Waals surface area (Å²) in [5.74, 6) is -1.64. The molecule has 0 radical (unpaired) electrons. The molecule has 0 aliphatic carbocycles. The Morgan fingerprint density at radius 3 is 2.20 bits per heavy atom. The Bertz CT molecular complexity index is 588. The molecule has 0 saturated carbocycles. The summed E-state index contributed by atoms with van der Waals surface area (Å²) in [7, 11) is -1.66. The Morgan fingerprint density at radius 2 is 1.75 bits per heavy atom. The van der Waals surface area contributed by atoms with Crippen LogP contribution in [0.25, 0.3) is 0 Å². The first-order chi connectivity index (χ1) is 9.30. The molecule has 7 nitrogen and oxygen atoms in total. The molecule has 0 N–H and O–H groups in total. The van der Waals surface area contributed by atoms with Gasteiger partial charge in [-0.25, -0.2) is 9.59 Å². The average molecular weight is 321 g/mol. The normalized spacial score (nSPS) is 10.8. The maximum Gasteiger partial charge on any atom is 0.368 e. The molecular formula is C11H13ClN2O5S. The van der Waals surface area contributed by atoms with E-state index in [0.29, 0.717) is 0 Å². The summed E-state index contributed by atoms with van der Waals surface area (Å²) < 4.78 is 24.6. The standard InChI is InChI=1S/C11H13ClN2O5S/c1-13(2)11(16)14(19-10(15)8-12)20(17,18)9-6-4-3-5-7-9/h3-7H,8H2,1-2H3. The molecule has 0 heterocycles. The fourth-order valence-electron chi connectivity index (χ4n) is 1.16. The maximum atomic E-state index is 12.3. The van der Waals surface area contributed by atoms with Crippen molar-refractivity contribution in [3.63, 3.8) is 0 Å². The molecule has 0 aliphatic heterocycles. The second-order valence-corrected chi connectivity index (χ2v) is 5.84. The van der Waals surface area contributed by atoms with Gasteiger partial charge < -0.3 is 9.74 Å². The predicted molar refractivity (Wildman–Crippen MR) is 71.4 cm³/mol. The molecule has 0 unspecified atom stereocenters. The van der Waals surface area contributed by atoms with Gasteiger partial charge in [-0.1, -0.05) is 18.2 Å². The summed E-state index contributed by atoms with van der Waals surface area (Å²) in [5.41, 5.74) is 0. The smallest absolute Gasteiger partial charge is 0.327 e. The number of sulfonamides is 1. The van der Waals surface area contributed by atoms with Crippen LogP contribution < -0.4 is 0 Å². The van der Waals surface area contributed by atoms with Crippen LogP contribution in [-0.4, -0.2) is 49.8 Å². The van der Waals surface area contributed by atoms with Gasteiger partial charge in [0.05, 0.1) is 4.90 Å². The first-order valence-electron chi connectivity index (χ1n) is 5.39. The number of hydroxylamine groups is 1. The van der Waals surface area contributed by atoms with Crippen molar-refractivity contribution in [2.45, 2.75) is 4.90 Å². The van der Waals surface area contributed by atoms with Crippen molar-refractivity contribution in [1.82, 2.24) is 9.37 Å². The van der Waals surface area contributed by atoms with Gasteiger partial charge >= 0.3 is 12.0 Å². The van der Waals surface area contributed by atoms with Crippen LogP contribution in [0.3, 0.4) is 0 Å². The molecule has 2 amide bonds. The van der Waals surface area contributed by atoms with E-state index in [9.17, 15) is 18.0 Å². The summed E-state index contributed by atoms with van der Waals surface area (Å²) in [6.45, 7) is 0. The van der Waals surface area contributed by atoms with Gasteiger partial charge in [0, 0.05) is 14.1 Å². The summed E-state index contributed by atoms with van der Waals surface area (Å²) in [6, 6.07) is 6.11. The van der Waals surface area contributed by atoms with Crippen LogP contribution in [0, 0.1) is 0 Å². The van der Waals surface area contributed by atoms with Crippen LogP contribution in [0.1, 0.15) is 0 Å². The second kappa shape index (κ2) is 6.58. The number of rotatable bonds is 3. The van der Waals surface area contributed by atoms with Crippen molar-refractivity contribution in [1.29, 1.82) is 0 Å². The Morgan fingerprint density at radius 1 is 1.20 bits per heavy atom. The minimum Gasteiger partial charge on any atom is -0.327 e. The van der Waals surface area contributed by atoms with Crippen molar-refractivity contribution in [2.24, 2.45) is 0 Å². The van der Waals surface area contributed by atoms with Crippen LogP contribution >= 0.6 is 11.6 Å². The largest absolute Gasteiger partial charge is 0.368 e. The van der Waals surface area contributed by atoms with E-state index in [4.69, 9.17) is 11.6 Å². The molecule has 0 spiro atoms. The Balaban J connectivity index is 3.23. The lowest BCUT2D eigenvalue weighted by atomic mass is 10.4. The van der Waals surface area contributed by atoms with Crippen molar-refractivity contribution < 1.29 is 22.8 Å². The molecule has 9 heteroatoms. The lowest BCUT2D eigenvalue weighted by Crippen LogP contribution is -2.44. The van der Waals surface area contributed by atoms with Crippen molar-refractivity contribution >= 4 is 33.6 Å². The van der Waals surface area contributed by atoms with Crippen molar-refractivity contribution in [3.05, 3.63) is 30.3 Å². The van der Waals surface area contributed by atoms with E-state index in [2.05, 4.69) is 4.84 Å². The lowest BCUT2D eigenvalue weighted by molar-refractivity contribution is -0.159. The molecule has 0 saturated heterocycles. The molecule has 1 aromatic rings. The van der Waals surface area contributed by atoms with E-state index in [1.165, 1.54) is 38.4 Å². The van der Waals surface area contributed by atoms with Gasteiger partial charge in [0.15, 0.2) is 0 Å². The summed E-state index contributed by atoms with van der Waals surface area (Å²) >= 11 is 5.26. The molecule has 0 bridgehead atoms. The monoisotopic (exact) mass is 320 g/mol. The number of nitrogens with zero attached hydrogens (tertiary/aromatic N) is 2. The Labute approximate surface area is 121 Å². The molecule has 0 atom stereocenters. The van der Waals surface area contributed by atoms with Gasteiger partial charge in [-0.15, -0.1) is 11.6 Å². The first kappa shape index (κ1) is 16.3. The van der Waals surface area contributed by atoms with Crippen LogP contribution in [-0.2, 0) is 19.7 Å². The van der Waals surface area contributed by atoms with Crippen molar-refractivity contribution in [2.75, 3.05) is 20.0 Å². The molecule has 20 heavy (non-hydrogen) atoms. The van der Waals surface area contributed by atoms with Gasteiger partial charge in [-0.2, -0.15) is 8.42 Å². The molecule has 0 fully saturated rings. The van der Waals surface area contributed by atoms with Gasteiger partial charge in [0.2, 0.25) is 0 Å². The average Bonchev–Trinajstić information content (AvgIpc) is 2.44. The first-order valence-corrected chi connectivity index (χ1v) is 7.36. The van der Waals surface area contributed by atoms with Gasteiger partial charge in [-0.05, 0) is 16.6 Å². The van der Waals surface area contributed by atoms with Gasteiger partial charge in [0.1, 0.15) is 5.88 Å². The van der Waals surface area contributed by atoms with E-state index >= 15 is 0 Å². The lowest BCUT2D eigenvalue weighted by Gasteiger charge is -2.23. The molecule has 0 aromatic heterocycles. The number of hydrogen-bond donors (Lipinski definition) is 0. The molecule has 110 valence electrons. The summed E-state index contributed by atoms with van der Waals surface area (Å²) in [6.07, 6.45) is 0. The quantitative estimate of drug-likeness (QED) is 0.614. The molecular weight excluding hydrogens is 308 g/mol. The fourth-order valence-corrected chi connectivity index (χ4v) is 2.45. The topological polar surface area (TPSA) is 84.0 Å². The van der Waals surface area contributed by atoms with Crippen LogP contribution in [0.4, 0.5) is 4.79 Å². The third-order valence-corrected chi connectivity index (χ3v) is 3.85. The fraction of sp³-hybridized carbons (Fsp3) is 0.273. The third-order valence-electron chi connectivity index (χ3n) is 2.09. The number of hydrogen-bond acceptors (Lipinski definition) is 5. The van der Waals surface area contributed by atoms with E-state index < -0.39 is 27.9 Å². The van der Waals surface area contributed by atoms with Gasteiger partial charge in [0.25, 0.3) is 10.0 Å². The zero-order valence-corrected chi connectivity index (χ0v) is 12.4. The third kappa shape index (κ3) is 3.61. The number of carbonyl (C=O) groups excluding carboxylic acids is 2. The number of alkyl halides is 1. The van der Waals surface area contributed by atoms with Crippen LogP contribution in [0.15, 0.2) is 35.2 Å². The highest BCUT2D eigenvalue weighted by Gasteiger charge is 2.34. The number of amides is 2. The van der Waals surface area contributed by atoms with Crippen LogP contribution in [0.5, 0.6) is 0 Å². The minimum absolute atomic E-state index is 0.0209. The number of urea groups is 1. The van der Waals surface area contributed by atoms with E-state index in [-0.39, 0.29) is 9.36 Å². The Hall–Kier alpha value is -1.80. The maximum absolute atomic E-state index is 12.3. The highest BCUT2D eigenvalue weighted by Crippen LogP contribution is 2.17. The van der Waals surface area contributed by atoms with E-state index in [1.54, 1.807) is 6.07 Å². The van der Waals surface area contributed by atoms with Crippen molar-refractivity contribution in [3.8, 4) is 0 Å². The molecule has 1 rings (SSSR count). The number of carbonyl (C=O) groups is 2. The highest BCUT2D eigenvalue weighted by molar-refractivity contribution is 7.89.